The summed E-state index contributed by atoms with van der Waals surface area (Å²) in [5.41, 5.74) is 4.04. The van der Waals surface area contributed by atoms with Gasteiger partial charge in [-0.25, -0.2) is 4.79 Å². The van der Waals surface area contributed by atoms with Crippen LogP contribution in [0.2, 0.25) is 0 Å². The monoisotopic (exact) mass is 455 g/mol. The molecule has 1 aromatic heterocycles. The van der Waals surface area contributed by atoms with E-state index in [1.807, 2.05) is 80.6 Å². The molecule has 0 atom stereocenters. The number of carbonyl (C=O) groups excluding carboxylic acids is 1. The highest BCUT2D eigenvalue weighted by Crippen LogP contribution is 2.13. The average molecular weight is 456 g/mol. The van der Waals surface area contributed by atoms with Crippen molar-refractivity contribution in [1.82, 2.24) is 9.13 Å². The molecule has 3 aromatic carbocycles. The van der Waals surface area contributed by atoms with Gasteiger partial charge in [0.1, 0.15) is 0 Å². The number of para-hydroxylation sites is 1. The van der Waals surface area contributed by atoms with Crippen molar-refractivity contribution in [1.29, 1.82) is 0 Å². The second-order valence-electron chi connectivity index (χ2n) is 8.70. The van der Waals surface area contributed by atoms with E-state index in [2.05, 4.69) is 5.32 Å². The van der Waals surface area contributed by atoms with E-state index >= 15 is 0 Å². The number of hydrogen-bond donors (Lipinski definition) is 1. The highest BCUT2D eigenvalue weighted by atomic mass is 16.2. The molecule has 0 radical (unpaired) electrons. The largest absolute Gasteiger partial charge is 0.331 e. The van der Waals surface area contributed by atoms with Gasteiger partial charge in [-0.3, -0.25) is 18.7 Å². The zero-order chi connectivity index (χ0) is 24.1. The lowest BCUT2D eigenvalue weighted by molar-refractivity contribution is -0.116. The van der Waals surface area contributed by atoms with Crippen LogP contribution in [0.3, 0.4) is 0 Å². The Morgan fingerprint density at radius 2 is 1.59 bits per heavy atom. The first-order valence-electron chi connectivity index (χ1n) is 11.6. The van der Waals surface area contributed by atoms with Crippen molar-refractivity contribution in [2.24, 2.45) is 0 Å². The number of nitrogens with one attached hydrogen (secondary N) is 1. The lowest BCUT2D eigenvalue weighted by atomic mass is 10.1. The van der Waals surface area contributed by atoms with Crippen molar-refractivity contribution >= 4 is 22.5 Å². The number of aromatic nitrogens is 2. The van der Waals surface area contributed by atoms with Crippen LogP contribution in [0.15, 0.2) is 82.4 Å². The van der Waals surface area contributed by atoms with Gasteiger partial charge in [0.05, 0.1) is 17.4 Å². The third-order valence-corrected chi connectivity index (χ3v) is 5.93. The topological polar surface area (TPSA) is 73.1 Å². The average Bonchev–Trinajstić information content (AvgIpc) is 2.83. The fourth-order valence-electron chi connectivity index (χ4n) is 4.13. The molecule has 0 aliphatic carbocycles. The molecule has 0 unspecified atom stereocenters. The number of unbranched alkanes of at least 4 members (excludes halogenated alkanes) is 1. The first kappa shape index (κ1) is 23.2. The molecule has 4 rings (SSSR count). The maximum absolute atomic E-state index is 13.3. The predicted octanol–water partition coefficient (Wildman–Crippen LogP) is 4.64. The minimum absolute atomic E-state index is 0.0773. The summed E-state index contributed by atoms with van der Waals surface area (Å²) in [6.45, 7) is 4.67. The molecule has 34 heavy (non-hydrogen) atoms. The Labute approximate surface area is 198 Å². The Morgan fingerprint density at radius 3 is 2.35 bits per heavy atom. The van der Waals surface area contributed by atoms with E-state index in [0.29, 0.717) is 36.7 Å². The van der Waals surface area contributed by atoms with Crippen LogP contribution >= 0.6 is 0 Å². The molecule has 1 amide bonds. The van der Waals surface area contributed by atoms with E-state index in [-0.39, 0.29) is 23.7 Å². The fraction of sp³-hybridized carbons (Fsp3) is 0.250. The highest BCUT2D eigenvalue weighted by Gasteiger charge is 2.13. The molecular formula is C28H29N3O3. The van der Waals surface area contributed by atoms with E-state index in [1.54, 1.807) is 10.6 Å². The number of hydrogen-bond acceptors (Lipinski definition) is 3. The van der Waals surface area contributed by atoms with E-state index < -0.39 is 0 Å². The number of fused-ring (bicyclic) bond motifs is 1. The minimum atomic E-state index is -0.325. The van der Waals surface area contributed by atoms with Gasteiger partial charge < -0.3 is 5.32 Å². The van der Waals surface area contributed by atoms with Crippen molar-refractivity contribution in [2.75, 3.05) is 5.32 Å². The van der Waals surface area contributed by atoms with Gasteiger partial charge in [0.2, 0.25) is 5.91 Å². The van der Waals surface area contributed by atoms with Gasteiger partial charge in [0.25, 0.3) is 5.56 Å². The second-order valence-corrected chi connectivity index (χ2v) is 8.70. The summed E-state index contributed by atoms with van der Waals surface area (Å²) in [5, 5.41) is 3.40. The van der Waals surface area contributed by atoms with Gasteiger partial charge in [0.15, 0.2) is 0 Å². The number of carbonyl (C=O) groups is 1. The summed E-state index contributed by atoms with van der Waals surface area (Å²) in [5.74, 6) is -0.0773. The van der Waals surface area contributed by atoms with Crippen LogP contribution in [0, 0.1) is 13.8 Å². The molecule has 174 valence electrons. The van der Waals surface area contributed by atoms with Crippen LogP contribution in [0.1, 0.15) is 36.0 Å². The van der Waals surface area contributed by atoms with Gasteiger partial charge in [-0.1, -0.05) is 59.7 Å². The van der Waals surface area contributed by atoms with E-state index in [0.717, 1.165) is 22.4 Å². The van der Waals surface area contributed by atoms with Gasteiger partial charge in [-0.05, 0) is 56.5 Å². The number of benzene rings is 3. The van der Waals surface area contributed by atoms with E-state index in [1.165, 1.54) is 4.57 Å². The summed E-state index contributed by atoms with van der Waals surface area (Å²) in [7, 11) is 0. The Balaban J connectivity index is 1.50. The SMILES string of the molecule is Cc1ccc(NC(=O)CCCCn2c(=O)c3ccccc3n(Cc3cccc(C)c3)c2=O)cc1. The highest BCUT2D eigenvalue weighted by molar-refractivity contribution is 5.90. The molecule has 0 aliphatic heterocycles. The Hall–Kier alpha value is -3.93. The first-order valence-corrected chi connectivity index (χ1v) is 11.6. The smallest absolute Gasteiger partial charge is 0.326 e. The van der Waals surface area contributed by atoms with Gasteiger partial charge in [-0.2, -0.15) is 0 Å². The molecule has 0 aliphatic rings. The molecule has 1 N–H and O–H groups in total. The molecule has 0 fully saturated rings. The van der Waals surface area contributed by atoms with Crippen LogP contribution < -0.4 is 16.6 Å². The molecule has 6 heteroatoms. The molecule has 0 bridgehead atoms. The Kier molecular flexibility index (Phi) is 7.07. The standard InChI is InChI=1S/C28H29N3O3/c1-20-13-15-23(16-14-20)29-26(32)12-5-6-17-30-27(33)24-10-3-4-11-25(24)31(28(30)34)19-22-9-7-8-21(2)18-22/h3-4,7-11,13-16,18H,5-6,12,17,19H2,1-2H3,(H,29,32). The summed E-state index contributed by atoms with van der Waals surface area (Å²) < 4.78 is 2.96. The number of anilines is 1. The van der Waals surface area contributed by atoms with Gasteiger partial charge in [0, 0.05) is 18.7 Å². The number of amides is 1. The van der Waals surface area contributed by atoms with Crippen molar-refractivity contribution < 1.29 is 4.79 Å². The van der Waals surface area contributed by atoms with E-state index in [9.17, 15) is 14.4 Å². The maximum atomic E-state index is 13.3. The molecule has 6 nitrogen and oxygen atoms in total. The third-order valence-electron chi connectivity index (χ3n) is 5.93. The van der Waals surface area contributed by atoms with Crippen molar-refractivity contribution in [3.63, 3.8) is 0 Å². The normalized spacial score (nSPS) is 11.0. The fourth-order valence-corrected chi connectivity index (χ4v) is 4.13. The van der Waals surface area contributed by atoms with Gasteiger partial charge >= 0.3 is 5.69 Å². The number of aryl methyl sites for hydroxylation is 2. The first-order chi connectivity index (χ1) is 16.4. The van der Waals surface area contributed by atoms with E-state index in [4.69, 9.17) is 0 Å². The molecule has 1 heterocycles. The molecule has 0 spiro atoms. The molecule has 4 aromatic rings. The number of rotatable bonds is 8. The second kappa shape index (κ2) is 10.3. The lowest BCUT2D eigenvalue weighted by Crippen LogP contribution is -2.40. The van der Waals surface area contributed by atoms with Crippen molar-refractivity contribution in [2.45, 2.75) is 46.2 Å². The minimum Gasteiger partial charge on any atom is -0.326 e. The zero-order valence-corrected chi connectivity index (χ0v) is 19.6. The molecule has 0 saturated heterocycles. The van der Waals surface area contributed by atoms with Crippen LogP contribution in [-0.4, -0.2) is 15.0 Å². The van der Waals surface area contributed by atoms with Crippen LogP contribution in [0.4, 0.5) is 5.69 Å². The Morgan fingerprint density at radius 1 is 0.824 bits per heavy atom. The number of nitrogens with zero attached hydrogens (tertiary/aromatic N) is 2. The molecule has 0 saturated carbocycles. The third kappa shape index (κ3) is 5.34. The van der Waals surface area contributed by atoms with Crippen molar-refractivity contribution in [3.05, 3.63) is 110 Å². The zero-order valence-electron chi connectivity index (χ0n) is 19.6. The summed E-state index contributed by atoms with van der Waals surface area (Å²) in [6.07, 6.45) is 1.46. The summed E-state index contributed by atoms with van der Waals surface area (Å²) >= 11 is 0. The van der Waals surface area contributed by atoms with Crippen LogP contribution in [-0.2, 0) is 17.9 Å². The maximum Gasteiger partial charge on any atom is 0.331 e. The van der Waals surface area contributed by atoms with Crippen LogP contribution in [0.5, 0.6) is 0 Å². The quantitative estimate of drug-likeness (QED) is 0.394. The van der Waals surface area contributed by atoms with Gasteiger partial charge in [-0.15, -0.1) is 0 Å². The lowest BCUT2D eigenvalue weighted by Gasteiger charge is -2.14. The molecular weight excluding hydrogens is 426 g/mol. The predicted molar refractivity (Wildman–Crippen MR) is 136 cm³/mol. The van der Waals surface area contributed by atoms with Crippen LogP contribution in [0.25, 0.3) is 10.9 Å². The Bertz CT molecular complexity index is 1430. The summed E-state index contributed by atoms with van der Waals surface area (Å²) in [4.78, 5) is 38.7. The van der Waals surface area contributed by atoms with Crippen molar-refractivity contribution in [3.8, 4) is 0 Å². The summed E-state index contributed by atoms with van der Waals surface area (Å²) in [6, 6.07) is 22.9.